The van der Waals surface area contributed by atoms with Crippen molar-refractivity contribution in [3.8, 4) is 5.75 Å². The van der Waals surface area contributed by atoms with E-state index in [1.165, 1.54) is 0 Å². The van der Waals surface area contributed by atoms with Gasteiger partial charge in [-0.25, -0.2) is 0 Å². The summed E-state index contributed by atoms with van der Waals surface area (Å²) in [6, 6.07) is 14.9. The number of nitrogens with one attached hydrogen (secondary N) is 1. The Morgan fingerprint density at radius 1 is 1.15 bits per heavy atom. The molecule has 3 rings (SSSR count). The Labute approximate surface area is 154 Å². The average Bonchev–Trinajstić information content (AvgIpc) is 3.47. The number of amides is 2. The van der Waals surface area contributed by atoms with Crippen LogP contribution in [0.5, 0.6) is 5.75 Å². The number of anilines is 1. The fourth-order valence-corrected chi connectivity index (χ4v) is 2.61. The molecule has 1 fully saturated rings. The third kappa shape index (κ3) is 4.85. The Morgan fingerprint density at radius 3 is 2.54 bits per heavy atom. The molecule has 136 valence electrons. The summed E-state index contributed by atoms with van der Waals surface area (Å²) in [6.07, 6.45) is 1.94. The van der Waals surface area contributed by atoms with Crippen molar-refractivity contribution in [2.75, 3.05) is 25.5 Å². The van der Waals surface area contributed by atoms with Gasteiger partial charge in [-0.15, -0.1) is 0 Å². The van der Waals surface area contributed by atoms with Crippen LogP contribution >= 0.6 is 0 Å². The standard InChI is InChI=1S/C21H24N2O3/c1-15-4-3-5-19(14-15)26-13-12-23(2)21(25)17-8-10-18(11-9-17)22-20(24)16-6-7-16/h3-5,8-11,14,16H,6-7,12-13H2,1-2H3,(H,22,24). The van der Waals surface area contributed by atoms with E-state index in [-0.39, 0.29) is 17.7 Å². The number of hydrogen-bond acceptors (Lipinski definition) is 3. The SMILES string of the molecule is Cc1cccc(OCCN(C)C(=O)c2ccc(NC(=O)C3CC3)cc2)c1. The summed E-state index contributed by atoms with van der Waals surface area (Å²) in [5.41, 5.74) is 2.46. The first-order valence-electron chi connectivity index (χ1n) is 8.89. The molecule has 0 radical (unpaired) electrons. The van der Waals surface area contributed by atoms with Crippen LogP contribution in [0.2, 0.25) is 0 Å². The van der Waals surface area contributed by atoms with Crippen LogP contribution in [0, 0.1) is 12.8 Å². The number of hydrogen-bond donors (Lipinski definition) is 1. The van der Waals surface area contributed by atoms with Gasteiger partial charge in [-0.2, -0.15) is 0 Å². The van der Waals surface area contributed by atoms with Crippen LogP contribution in [0.4, 0.5) is 5.69 Å². The minimum atomic E-state index is -0.0714. The summed E-state index contributed by atoms with van der Waals surface area (Å²) in [7, 11) is 1.75. The molecule has 1 aliphatic carbocycles. The van der Waals surface area contributed by atoms with Crippen molar-refractivity contribution in [1.82, 2.24) is 4.90 Å². The maximum atomic E-state index is 12.5. The molecule has 26 heavy (non-hydrogen) atoms. The zero-order chi connectivity index (χ0) is 18.5. The lowest BCUT2D eigenvalue weighted by molar-refractivity contribution is -0.117. The number of ether oxygens (including phenoxy) is 1. The van der Waals surface area contributed by atoms with Gasteiger partial charge in [-0.1, -0.05) is 12.1 Å². The summed E-state index contributed by atoms with van der Waals surface area (Å²) in [5, 5.41) is 2.87. The van der Waals surface area contributed by atoms with Crippen molar-refractivity contribution in [2.45, 2.75) is 19.8 Å². The summed E-state index contributed by atoms with van der Waals surface area (Å²) in [4.78, 5) is 25.9. The summed E-state index contributed by atoms with van der Waals surface area (Å²) in [6.45, 7) is 2.94. The van der Waals surface area contributed by atoms with E-state index in [4.69, 9.17) is 4.74 Å². The Bertz CT molecular complexity index is 782. The van der Waals surface area contributed by atoms with Gasteiger partial charge in [0.1, 0.15) is 12.4 Å². The summed E-state index contributed by atoms with van der Waals surface area (Å²) >= 11 is 0. The molecular formula is C21H24N2O3. The van der Waals surface area contributed by atoms with Crippen molar-refractivity contribution in [2.24, 2.45) is 5.92 Å². The topological polar surface area (TPSA) is 58.6 Å². The highest BCUT2D eigenvalue weighted by molar-refractivity contribution is 5.96. The Balaban J connectivity index is 1.48. The van der Waals surface area contributed by atoms with Gasteiger partial charge in [0.15, 0.2) is 0 Å². The smallest absolute Gasteiger partial charge is 0.253 e. The lowest BCUT2D eigenvalue weighted by atomic mass is 10.2. The molecule has 1 N–H and O–H groups in total. The van der Waals surface area contributed by atoms with Gasteiger partial charge in [0.05, 0.1) is 6.54 Å². The third-order valence-corrected chi connectivity index (χ3v) is 4.38. The van der Waals surface area contributed by atoms with Crippen LogP contribution in [0.1, 0.15) is 28.8 Å². The van der Waals surface area contributed by atoms with E-state index in [0.29, 0.717) is 18.7 Å². The van der Waals surface area contributed by atoms with E-state index in [0.717, 1.165) is 29.8 Å². The molecule has 0 spiro atoms. The van der Waals surface area contributed by atoms with E-state index in [1.807, 2.05) is 31.2 Å². The predicted octanol–water partition coefficient (Wildman–Crippen LogP) is 3.49. The van der Waals surface area contributed by atoms with Gasteiger partial charge in [0, 0.05) is 24.2 Å². The molecule has 0 aromatic heterocycles. The number of likely N-dealkylation sites (N-methyl/N-ethyl adjacent to an activating group) is 1. The lowest BCUT2D eigenvalue weighted by Crippen LogP contribution is -2.30. The van der Waals surface area contributed by atoms with Crippen LogP contribution in [0.25, 0.3) is 0 Å². The van der Waals surface area contributed by atoms with E-state index in [1.54, 1.807) is 36.2 Å². The zero-order valence-electron chi connectivity index (χ0n) is 15.2. The lowest BCUT2D eigenvalue weighted by Gasteiger charge is -2.18. The molecule has 2 amide bonds. The highest BCUT2D eigenvalue weighted by Gasteiger charge is 2.29. The molecule has 0 atom stereocenters. The molecule has 0 bridgehead atoms. The van der Waals surface area contributed by atoms with Crippen LogP contribution < -0.4 is 10.1 Å². The monoisotopic (exact) mass is 352 g/mol. The van der Waals surface area contributed by atoms with Crippen molar-refractivity contribution in [3.05, 3.63) is 59.7 Å². The molecular weight excluding hydrogens is 328 g/mol. The Hall–Kier alpha value is -2.82. The second-order valence-electron chi connectivity index (χ2n) is 6.73. The zero-order valence-corrected chi connectivity index (χ0v) is 15.2. The fraction of sp³-hybridized carbons (Fsp3) is 0.333. The van der Waals surface area contributed by atoms with Crippen LogP contribution in [0.3, 0.4) is 0 Å². The minimum absolute atomic E-state index is 0.0643. The van der Waals surface area contributed by atoms with Gasteiger partial charge in [-0.05, 0) is 61.7 Å². The first-order chi connectivity index (χ1) is 12.5. The van der Waals surface area contributed by atoms with Crippen molar-refractivity contribution < 1.29 is 14.3 Å². The molecule has 0 saturated heterocycles. The Morgan fingerprint density at radius 2 is 1.88 bits per heavy atom. The molecule has 1 aliphatic rings. The van der Waals surface area contributed by atoms with Gasteiger partial charge in [0.2, 0.25) is 5.91 Å². The quantitative estimate of drug-likeness (QED) is 0.830. The van der Waals surface area contributed by atoms with Gasteiger partial charge >= 0.3 is 0 Å². The maximum absolute atomic E-state index is 12.5. The molecule has 0 heterocycles. The molecule has 2 aromatic rings. The highest BCUT2D eigenvalue weighted by atomic mass is 16.5. The predicted molar refractivity (Wildman–Crippen MR) is 101 cm³/mol. The molecule has 2 aromatic carbocycles. The first kappa shape index (κ1) is 18.0. The normalized spacial score (nSPS) is 13.2. The second-order valence-corrected chi connectivity index (χ2v) is 6.73. The summed E-state index contributed by atoms with van der Waals surface area (Å²) in [5.74, 6) is 0.963. The number of carbonyl (C=O) groups is 2. The molecule has 0 aliphatic heterocycles. The van der Waals surface area contributed by atoms with E-state index in [9.17, 15) is 9.59 Å². The van der Waals surface area contributed by atoms with Gasteiger partial charge in [0.25, 0.3) is 5.91 Å². The van der Waals surface area contributed by atoms with Crippen molar-refractivity contribution in [1.29, 1.82) is 0 Å². The molecule has 5 heteroatoms. The number of carbonyl (C=O) groups excluding carboxylic acids is 2. The average molecular weight is 352 g/mol. The maximum Gasteiger partial charge on any atom is 0.253 e. The van der Waals surface area contributed by atoms with E-state index >= 15 is 0 Å². The second kappa shape index (κ2) is 8.04. The minimum Gasteiger partial charge on any atom is -0.492 e. The van der Waals surface area contributed by atoms with E-state index in [2.05, 4.69) is 5.32 Å². The van der Waals surface area contributed by atoms with Crippen LogP contribution in [0.15, 0.2) is 48.5 Å². The summed E-state index contributed by atoms with van der Waals surface area (Å²) < 4.78 is 5.69. The molecule has 0 unspecified atom stereocenters. The largest absolute Gasteiger partial charge is 0.492 e. The van der Waals surface area contributed by atoms with Crippen molar-refractivity contribution in [3.63, 3.8) is 0 Å². The Kier molecular flexibility index (Phi) is 5.56. The fourth-order valence-electron chi connectivity index (χ4n) is 2.61. The number of benzene rings is 2. The molecule has 1 saturated carbocycles. The third-order valence-electron chi connectivity index (χ3n) is 4.38. The number of aryl methyl sites for hydroxylation is 1. The van der Waals surface area contributed by atoms with Gasteiger partial charge in [-0.3, -0.25) is 9.59 Å². The van der Waals surface area contributed by atoms with Crippen molar-refractivity contribution >= 4 is 17.5 Å². The first-order valence-corrected chi connectivity index (χ1v) is 8.89. The number of rotatable bonds is 7. The van der Waals surface area contributed by atoms with E-state index < -0.39 is 0 Å². The number of nitrogens with zero attached hydrogens (tertiary/aromatic N) is 1. The van der Waals surface area contributed by atoms with Crippen LogP contribution in [-0.4, -0.2) is 36.9 Å². The van der Waals surface area contributed by atoms with Crippen LogP contribution in [-0.2, 0) is 4.79 Å². The highest BCUT2D eigenvalue weighted by Crippen LogP contribution is 2.30. The van der Waals surface area contributed by atoms with Gasteiger partial charge < -0.3 is 15.0 Å². The molecule has 5 nitrogen and oxygen atoms in total.